The van der Waals surface area contributed by atoms with Crippen molar-refractivity contribution < 1.29 is 14.7 Å². The Kier molecular flexibility index (Phi) is 4.71. The fourth-order valence-corrected chi connectivity index (χ4v) is 3.24. The minimum atomic E-state index is -1.06. The predicted molar refractivity (Wildman–Crippen MR) is 91.6 cm³/mol. The summed E-state index contributed by atoms with van der Waals surface area (Å²) in [5.74, 6) is -0.728. The van der Waals surface area contributed by atoms with E-state index in [0.29, 0.717) is 27.3 Å². The number of aromatic nitrogens is 3. The molecule has 25 heavy (non-hydrogen) atoms. The molecule has 0 saturated heterocycles. The van der Waals surface area contributed by atoms with Gasteiger partial charge >= 0.3 is 5.97 Å². The first-order valence-corrected chi connectivity index (χ1v) is 8.42. The first-order valence-electron chi connectivity index (χ1n) is 7.66. The molecule has 2 heterocycles. The van der Waals surface area contributed by atoms with E-state index in [4.69, 9.17) is 23.2 Å². The summed E-state index contributed by atoms with van der Waals surface area (Å²) in [6, 6.07) is 3.98. The maximum Gasteiger partial charge on any atom is 0.328 e. The molecule has 0 aliphatic carbocycles. The van der Waals surface area contributed by atoms with Gasteiger partial charge in [-0.15, -0.1) is 10.2 Å². The topological polar surface area (TPSA) is 88.3 Å². The zero-order valence-electron chi connectivity index (χ0n) is 13.6. The Balaban J connectivity index is 1.91. The van der Waals surface area contributed by atoms with Crippen LogP contribution in [0.2, 0.25) is 10.0 Å². The summed E-state index contributed by atoms with van der Waals surface area (Å²) in [6.45, 7) is 3.70. The van der Waals surface area contributed by atoms with Gasteiger partial charge in [-0.2, -0.15) is 0 Å². The van der Waals surface area contributed by atoms with Crippen molar-refractivity contribution in [2.24, 2.45) is 0 Å². The van der Waals surface area contributed by atoms with Gasteiger partial charge in [0.25, 0.3) is 0 Å². The summed E-state index contributed by atoms with van der Waals surface area (Å²) >= 11 is 11.9. The highest BCUT2D eigenvalue weighted by Crippen LogP contribution is 2.29. The fourth-order valence-electron chi connectivity index (χ4n) is 2.93. The van der Waals surface area contributed by atoms with Crippen molar-refractivity contribution in [1.82, 2.24) is 19.7 Å². The summed E-state index contributed by atoms with van der Waals surface area (Å²) in [7, 11) is 0. The molecule has 7 nitrogen and oxygen atoms in total. The number of hydrogen-bond donors (Lipinski definition) is 1. The third-order valence-electron chi connectivity index (χ3n) is 4.44. The monoisotopic (exact) mass is 382 g/mol. The number of rotatable bonds is 3. The van der Waals surface area contributed by atoms with E-state index in [1.807, 2.05) is 0 Å². The lowest BCUT2D eigenvalue weighted by Crippen LogP contribution is -2.51. The number of benzene rings is 1. The van der Waals surface area contributed by atoms with E-state index in [2.05, 4.69) is 10.2 Å². The number of amides is 1. The van der Waals surface area contributed by atoms with Gasteiger partial charge in [0.2, 0.25) is 5.91 Å². The zero-order chi connectivity index (χ0) is 18.3. The summed E-state index contributed by atoms with van der Waals surface area (Å²) < 4.78 is 1.73. The molecular formula is C16H16Cl2N4O3. The number of carbonyl (C=O) groups excluding carboxylic acids is 1. The Morgan fingerprint density at radius 1 is 1.28 bits per heavy atom. The van der Waals surface area contributed by atoms with Crippen molar-refractivity contribution in [1.29, 1.82) is 0 Å². The molecule has 0 bridgehead atoms. The second-order valence-electron chi connectivity index (χ2n) is 5.99. The normalized spacial score (nSPS) is 17.9. The van der Waals surface area contributed by atoms with E-state index in [-0.39, 0.29) is 19.0 Å². The molecule has 0 saturated carbocycles. The number of aliphatic carboxylic acids is 1. The molecule has 1 aliphatic rings. The number of carbonyl (C=O) groups is 2. The quantitative estimate of drug-likeness (QED) is 0.880. The van der Waals surface area contributed by atoms with Crippen LogP contribution < -0.4 is 0 Å². The molecule has 3 rings (SSSR count). The number of halogens is 2. The number of fused-ring (bicyclic) bond motifs is 1. The van der Waals surface area contributed by atoms with Crippen LogP contribution in [-0.2, 0) is 22.7 Å². The first-order chi connectivity index (χ1) is 11.8. The predicted octanol–water partition coefficient (Wildman–Crippen LogP) is 2.49. The highest BCUT2D eigenvalue weighted by atomic mass is 35.5. The fraction of sp³-hybridized carbons (Fsp3) is 0.375. The smallest absolute Gasteiger partial charge is 0.328 e. The molecule has 0 fully saturated rings. The second-order valence-corrected chi connectivity index (χ2v) is 6.80. The van der Waals surface area contributed by atoms with Gasteiger partial charge in [-0.3, -0.25) is 4.79 Å². The maximum absolute atomic E-state index is 13.0. The van der Waals surface area contributed by atoms with E-state index in [9.17, 15) is 14.7 Å². The molecule has 2 atom stereocenters. The Bertz CT molecular complexity index is 852. The highest BCUT2D eigenvalue weighted by Gasteiger charge is 2.38. The van der Waals surface area contributed by atoms with Crippen LogP contribution in [0.1, 0.15) is 30.1 Å². The Morgan fingerprint density at radius 2 is 2.00 bits per heavy atom. The van der Waals surface area contributed by atoms with Crippen LogP contribution in [0.25, 0.3) is 0 Å². The zero-order valence-corrected chi connectivity index (χ0v) is 15.1. The molecule has 1 aliphatic heterocycles. The van der Waals surface area contributed by atoms with Crippen LogP contribution in [-0.4, -0.2) is 42.7 Å². The minimum Gasteiger partial charge on any atom is -0.480 e. The first kappa shape index (κ1) is 17.7. The van der Waals surface area contributed by atoms with Gasteiger partial charge in [0, 0.05) is 0 Å². The standard InChI is InChI=1S/C16H16Cl2N4O3/c1-8(10-3-4-11(17)12(18)5-10)15(23)22-7-14-20-19-9(2)21(14)6-13(22)16(24)25/h3-5,8,13H,6-7H2,1-2H3,(H,24,25). The van der Waals surface area contributed by atoms with Crippen molar-refractivity contribution >= 4 is 35.1 Å². The molecule has 2 unspecified atom stereocenters. The lowest BCUT2D eigenvalue weighted by Gasteiger charge is -2.35. The van der Waals surface area contributed by atoms with E-state index in [0.717, 1.165) is 0 Å². The minimum absolute atomic E-state index is 0.0995. The number of aryl methyl sites for hydroxylation is 1. The molecule has 132 valence electrons. The summed E-state index contributed by atoms with van der Waals surface area (Å²) in [6.07, 6.45) is 0. The second kappa shape index (κ2) is 6.65. The van der Waals surface area contributed by atoms with Gasteiger partial charge in [-0.1, -0.05) is 29.3 Å². The van der Waals surface area contributed by atoms with E-state index >= 15 is 0 Å². The third kappa shape index (κ3) is 3.21. The lowest BCUT2D eigenvalue weighted by atomic mass is 9.98. The Morgan fingerprint density at radius 3 is 2.64 bits per heavy atom. The Hall–Kier alpha value is -2.12. The molecular weight excluding hydrogens is 367 g/mol. The van der Waals surface area contributed by atoms with Gasteiger partial charge in [0.15, 0.2) is 5.82 Å². The van der Waals surface area contributed by atoms with E-state index < -0.39 is 17.9 Å². The van der Waals surface area contributed by atoms with E-state index in [1.165, 1.54) is 4.90 Å². The van der Waals surface area contributed by atoms with Crippen molar-refractivity contribution in [3.05, 3.63) is 45.5 Å². The third-order valence-corrected chi connectivity index (χ3v) is 5.18. The SMILES string of the molecule is Cc1nnc2n1CC(C(=O)O)N(C(=O)C(C)c1ccc(Cl)c(Cl)c1)C2. The van der Waals surface area contributed by atoms with Crippen LogP contribution in [0.4, 0.5) is 0 Å². The molecule has 9 heteroatoms. The Labute approximate surface area is 154 Å². The molecule has 1 aromatic carbocycles. The van der Waals surface area contributed by atoms with Crippen LogP contribution in [0.15, 0.2) is 18.2 Å². The van der Waals surface area contributed by atoms with Crippen molar-refractivity contribution in [2.75, 3.05) is 0 Å². The summed E-state index contributed by atoms with van der Waals surface area (Å²) in [5.41, 5.74) is 0.673. The van der Waals surface area contributed by atoms with Crippen molar-refractivity contribution in [2.45, 2.75) is 38.9 Å². The summed E-state index contributed by atoms with van der Waals surface area (Å²) in [4.78, 5) is 26.0. The molecule has 0 spiro atoms. The molecule has 0 radical (unpaired) electrons. The van der Waals surface area contributed by atoms with Crippen molar-refractivity contribution in [3.8, 4) is 0 Å². The van der Waals surface area contributed by atoms with Crippen molar-refractivity contribution in [3.63, 3.8) is 0 Å². The molecule has 1 aromatic heterocycles. The lowest BCUT2D eigenvalue weighted by molar-refractivity contribution is -0.153. The number of hydrogen-bond acceptors (Lipinski definition) is 4. The summed E-state index contributed by atoms with van der Waals surface area (Å²) in [5, 5.41) is 18.3. The van der Waals surface area contributed by atoms with Gasteiger partial charge in [-0.25, -0.2) is 4.79 Å². The van der Waals surface area contributed by atoms with E-state index in [1.54, 1.807) is 36.6 Å². The average molecular weight is 383 g/mol. The van der Waals surface area contributed by atoms with Crippen LogP contribution in [0.5, 0.6) is 0 Å². The van der Waals surface area contributed by atoms with Gasteiger partial charge in [0.05, 0.1) is 29.1 Å². The number of nitrogens with zero attached hydrogens (tertiary/aromatic N) is 4. The maximum atomic E-state index is 13.0. The van der Waals surface area contributed by atoms with Gasteiger partial charge in [0.1, 0.15) is 11.9 Å². The molecule has 1 N–H and O–H groups in total. The largest absolute Gasteiger partial charge is 0.480 e. The number of carboxylic acids is 1. The van der Waals surface area contributed by atoms with Crippen LogP contribution >= 0.6 is 23.2 Å². The molecule has 2 aromatic rings. The van der Waals surface area contributed by atoms with Crippen LogP contribution in [0, 0.1) is 6.92 Å². The number of carboxylic acid groups (broad SMARTS) is 1. The average Bonchev–Trinajstić information content (AvgIpc) is 2.95. The van der Waals surface area contributed by atoms with Crippen LogP contribution in [0.3, 0.4) is 0 Å². The highest BCUT2D eigenvalue weighted by molar-refractivity contribution is 6.42. The molecule has 1 amide bonds. The van der Waals surface area contributed by atoms with Gasteiger partial charge in [-0.05, 0) is 31.5 Å². The van der Waals surface area contributed by atoms with Gasteiger partial charge < -0.3 is 14.6 Å².